The minimum Gasteiger partial charge on any atom is -0.335 e. The van der Waals surface area contributed by atoms with Crippen LogP contribution in [0, 0.1) is 0 Å². The number of carbonyl (C=O) groups excluding carboxylic acids is 1. The number of hydrogen-bond acceptors (Lipinski definition) is 2. The Morgan fingerprint density at radius 1 is 1.28 bits per heavy atom. The summed E-state index contributed by atoms with van der Waals surface area (Å²) in [4.78, 5) is 15.8. The van der Waals surface area contributed by atoms with Crippen molar-refractivity contribution in [2.75, 3.05) is 6.54 Å². The first kappa shape index (κ1) is 12.1. The minimum absolute atomic E-state index is 0.206. The highest BCUT2D eigenvalue weighted by molar-refractivity contribution is 5.82. The minimum atomic E-state index is -0.206. The Kier molecular flexibility index (Phi) is 3.91. The van der Waals surface area contributed by atoms with Gasteiger partial charge in [0.25, 0.3) is 0 Å². The van der Waals surface area contributed by atoms with Gasteiger partial charge < -0.3 is 10.6 Å². The molecule has 4 heteroatoms. The fraction of sp³-hybridized carbons (Fsp3) is 0.143. The zero-order chi connectivity index (χ0) is 12.8. The van der Waals surface area contributed by atoms with E-state index in [4.69, 9.17) is 0 Å². The molecule has 0 aliphatic rings. The van der Waals surface area contributed by atoms with E-state index < -0.39 is 0 Å². The maximum Gasteiger partial charge on any atom is 0.315 e. The first-order valence-corrected chi connectivity index (χ1v) is 5.76. The Hall–Kier alpha value is -2.36. The molecule has 1 aromatic carbocycles. The number of nitrogens with one attached hydrogen (secondary N) is 2. The fourth-order valence-corrected chi connectivity index (χ4v) is 1.71. The van der Waals surface area contributed by atoms with Gasteiger partial charge in [0.1, 0.15) is 0 Å². The summed E-state index contributed by atoms with van der Waals surface area (Å²) >= 11 is 0. The molecule has 2 aromatic rings. The molecule has 0 bridgehead atoms. The summed E-state index contributed by atoms with van der Waals surface area (Å²) in [5.41, 5.74) is 1.92. The summed E-state index contributed by atoms with van der Waals surface area (Å²) in [5, 5.41) is 6.52. The fourth-order valence-electron chi connectivity index (χ4n) is 1.71. The lowest BCUT2D eigenvalue weighted by atomic mass is 10.1. The predicted octanol–water partition coefficient (Wildman–Crippen LogP) is 2.22. The van der Waals surface area contributed by atoms with Crippen LogP contribution in [0.5, 0.6) is 0 Å². The van der Waals surface area contributed by atoms with Crippen LogP contribution in [0.2, 0.25) is 0 Å². The molecule has 0 aliphatic carbocycles. The molecule has 1 aromatic heterocycles. The average molecular weight is 241 g/mol. The van der Waals surface area contributed by atoms with Crippen LogP contribution >= 0.6 is 0 Å². The van der Waals surface area contributed by atoms with E-state index in [0.29, 0.717) is 13.1 Å². The van der Waals surface area contributed by atoms with Gasteiger partial charge in [-0.15, -0.1) is 6.58 Å². The van der Waals surface area contributed by atoms with Gasteiger partial charge in [-0.1, -0.05) is 30.3 Å². The second-order valence-electron chi connectivity index (χ2n) is 3.84. The Bertz CT molecular complexity index is 560. The number of rotatable bonds is 4. The molecule has 0 aliphatic heterocycles. The Morgan fingerprint density at radius 2 is 2.11 bits per heavy atom. The SMILES string of the molecule is C=CCNC(=O)NCc1cccc2cccnc12. The molecular weight excluding hydrogens is 226 g/mol. The molecule has 2 N–H and O–H groups in total. The number of nitrogens with zero attached hydrogens (tertiary/aromatic N) is 1. The number of carbonyl (C=O) groups is 1. The van der Waals surface area contributed by atoms with Crippen LogP contribution in [0.15, 0.2) is 49.2 Å². The lowest BCUT2D eigenvalue weighted by molar-refractivity contribution is 0.241. The van der Waals surface area contributed by atoms with Crippen molar-refractivity contribution in [3.8, 4) is 0 Å². The Morgan fingerprint density at radius 3 is 2.94 bits per heavy atom. The van der Waals surface area contributed by atoms with Gasteiger partial charge in [0.05, 0.1) is 5.52 Å². The topological polar surface area (TPSA) is 54.0 Å². The second kappa shape index (κ2) is 5.82. The molecule has 0 unspecified atom stereocenters. The number of para-hydroxylation sites is 1. The second-order valence-corrected chi connectivity index (χ2v) is 3.84. The van der Waals surface area contributed by atoms with E-state index in [9.17, 15) is 4.79 Å². The molecule has 0 radical (unpaired) electrons. The lowest BCUT2D eigenvalue weighted by Crippen LogP contribution is -2.35. The molecule has 0 fully saturated rings. The van der Waals surface area contributed by atoms with Crippen LogP contribution in [-0.4, -0.2) is 17.6 Å². The zero-order valence-corrected chi connectivity index (χ0v) is 10.0. The van der Waals surface area contributed by atoms with Crippen molar-refractivity contribution in [2.24, 2.45) is 0 Å². The Balaban J connectivity index is 2.08. The third-order valence-electron chi connectivity index (χ3n) is 2.56. The molecule has 2 amide bonds. The van der Waals surface area contributed by atoms with E-state index >= 15 is 0 Å². The summed E-state index contributed by atoms with van der Waals surface area (Å²) in [6, 6.07) is 9.62. The van der Waals surface area contributed by atoms with Crippen molar-refractivity contribution < 1.29 is 4.79 Å². The number of pyridine rings is 1. The number of amides is 2. The smallest absolute Gasteiger partial charge is 0.315 e. The van der Waals surface area contributed by atoms with Crippen molar-refractivity contribution in [3.05, 3.63) is 54.7 Å². The van der Waals surface area contributed by atoms with E-state index in [1.165, 1.54) is 0 Å². The van der Waals surface area contributed by atoms with Crippen LogP contribution in [0.4, 0.5) is 4.79 Å². The lowest BCUT2D eigenvalue weighted by Gasteiger charge is -2.08. The van der Waals surface area contributed by atoms with Gasteiger partial charge in [0.2, 0.25) is 0 Å². The molecule has 0 atom stereocenters. The normalized spacial score (nSPS) is 10.0. The maximum atomic E-state index is 11.4. The van der Waals surface area contributed by atoms with Crippen LogP contribution in [0.3, 0.4) is 0 Å². The number of aromatic nitrogens is 1. The van der Waals surface area contributed by atoms with Gasteiger partial charge >= 0.3 is 6.03 Å². The summed E-state index contributed by atoms with van der Waals surface area (Å²) in [5.74, 6) is 0. The predicted molar refractivity (Wildman–Crippen MR) is 72.2 cm³/mol. The summed E-state index contributed by atoms with van der Waals surface area (Å²) < 4.78 is 0. The molecule has 0 saturated carbocycles. The number of hydrogen-bond donors (Lipinski definition) is 2. The highest BCUT2D eigenvalue weighted by atomic mass is 16.2. The van der Waals surface area contributed by atoms with E-state index in [1.54, 1.807) is 12.3 Å². The van der Waals surface area contributed by atoms with Crippen LogP contribution in [-0.2, 0) is 6.54 Å². The van der Waals surface area contributed by atoms with Gasteiger partial charge in [-0.2, -0.15) is 0 Å². The highest BCUT2D eigenvalue weighted by Gasteiger charge is 2.03. The molecule has 4 nitrogen and oxygen atoms in total. The van der Waals surface area contributed by atoms with Gasteiger partial charge in [0.15, 0.2) is 0 Å². The third kappa shape index (κ3) is 2.85. The van der Waals surface area contributed by atoms with Gasteiger partial charge in [0, 0.05) is 24.7 Å². The van der Waals surface area contributed by atoms with Crippen molar-refractivity contribution in [2.45, 2.75) is 6.54 Å². The number of urea groups is 1. The zero-order valence-electron chi connectivity index (χ0n) is 10.0. The molecule has 18 heavy (non-hydrogen) atoms. The molecule has 1 heterocycles. The van der Waals surface area contributed by atoms with E-state index in [2.05, 4.69) is 22.2 Å². The van der Waals surface area contributed by atoms with E-state index in [-0.39, 0.29) is 6.03 Å². The number of benzene rings is 1. The summed E-state index contributed by atoms with van der Waals surface area (Å²) in [6.45, 7) is 4.45. The molecule has 0 saturated heterocycles. The first-order chi connectivity index (χ1) is 8.81. The van der Waals surface area contributed by atoms with Gasteiger partial charge in [-0.3, -0.25) is 4.98 Å². The van der Waals surface area contributed by atoms with Gasteiger partial charge in [-0.05, 0) is 11.6 Å². The van der Waals surface area contributed by atoms with Crippen molar-refractivity contribution in [1.29, 1.82) is 0 Å². The maximum absolute atomic E-state index is 11.4. The molecule has 92 valence electrons. The average Bonchev–Trinajstić information content (AvgIpc) is 2.42. The first-order valence-electron chi connectivity index (χ1n) is 5.76. The summed E-state index contributed by atoms with van der Waals surface area (Å²) in [7, 11) is 0. The molecule has 0 spiro atoms. The van der Waals surface area contributed by atoms with Crippen LogP contribution in [0.1, 0.15) is 5.56 Å². The number of fused-ring (bicyclic) bond motifs is 1. The van der Waals surface area contributed by atoms with Crippen molar-refractivity contribution in [3.63, 3.8) is 0 Å². The van der Waals surface area contributed by atoms with Crippen LogP contribution in [0.25, 0.3) is 10.9 Å². The van der Waals surface area contributed by atoms with Crippen LogP contribution < -0.4 is 10.6 Å². The van der Waals surface area contributed by atoms with E-state index in [1.807, 2.05) is 30.3 Å². The third-order valence-corrected chi connectivity index (χ3v) is 2.56. The summed E-state index contributed by atoms with van der Waals surface area (Å²) in [6.07, 6.45) is 3.39. The van der Waals surface area contributed by atoms with Gasteiger partial charge in [-0.25, -0.2) is 4.79 Å². The molecule has 2 rings (SSSR count). The monoisotopic (exact) mass is 241 g/mol. The largest absolute Gasteiger partial charge is 0.335 e. The van der Waals surface area contributed by atoms with Crippen molar-refractivity contribution in [1.82, 2.24) is 15.6 Å². The standard InChI is InChI=1S/C14H15N3O/c1-2-8-16-14(18)17-10-12-6-3-5-11-7-4-9-15-13(11)12/h2-7,9H,1,8,10H2,(H2,16,17,18). The Labute approximate surface area is 106 Å². The van der Waals surface area contributed by atoms with E-state index in [0.717, 1.165) is 16.5 Å². The van der Waals surface area contributed by atoms with Crippen molar-refractivity contribution >= 4 is 16.9 Å². The quantitative estimate of drug-likeness (QED) is 0.806. The highest BCUT2D eigenvalue weighted by Crippen LogP contribution is 2.15. The molecular formula is C14H15N3O.